The summed E-state index contributed by atoms with van der Waals surface area (Å²) in [6, 6.07) is 5.69. The van der Waals surface area contributed by atoms with Crippen molar-refractivity contribution >= 4 is 41.0 Å². The first-order valence-electron chi connectivity index (χ1n) is 8.37. The van der Waals surface area contributed by atoms with Crippen molar-refractivity contribution in [1.82, 2.24) is 14.8 Å². The molecule has 0 saturated carbocycles. The summed E-state index contributed by atoms with van der Waals surface area (Å²) >= 11 is 1.79. The molecule has 5 nitrogen and oxygen atoms in total. The molecule has 0 radical (unpaired) electrons. The minimum atomic E-state index is 0. The summed E-state index contributed by atoms with van der Waals surface area (Å²) in [6.07, 6.45) is 0.895. The Morgan fingerprint density at radius 1 is 1.16 bits per heavy atom. The van der Waals surface area contributed by atoms with Crippen LogP contribution in [0, 0.1) is 0 Å². The fourth-order valence-corrected chi connectivity index (χ4v) is 4.51. The molecule has 0 aliphatic carbocycles. The number of aryl methyl sites for hydroxylation is 1. The van der Waals surface area contributed by atoms with Crippen LogP contribution in [-0.4, -0.2) is 59.7 Å². The SMILES string of the molecule is CN1CCN(C(=O)c2ccc3[nH]c(=O)c4c(c3c2)CCSC4)CC1.Cl. The number of likely N-dealkylation sites (N-methyl/N-ethyl adjacent to an activating group) is 1. The predicted molar refractivity (Wildman–Crippen MR) is 105 cm³/mol. The van der Waals surface area contributed by atoms with Crippen molar-refractivity contribution in [3.63, 3.8) is 0 Å². The lowest BCUT2D eigenvalue weighted by molar-refractivity contribution is 0.0664. The van der Waals surface area contributed by atoms with E-state index in [1.54, 1.807) is 11.8 Å². The third-order valence-electron chi connectivity index (χ3n) is 5.01. The average molecular weight is 380 g/mol. The van der Waals surface area contributed by atoms with Crippen LogP contribution in [-0.2, 0) is 12.2 Å². The van der Waals surface area contributed by atoms with Crippen LogP contribution in [0.3, 0.4) is 0 Å². The number of benzene rings is 1. The van der Waals surface area contributed by atoms with Crippen LogP contribution in [0.5, 0.6) is 0 Å². The van der Waals surface area contributed by atoms with Gasteiger partial charge in [-0.1, -0.05) is 0 Å². The summed E-state index contributed by atoms with van der Waals surface area (Å²) in [5.41, 5.74) is 3.58. The fourth-order valence-electron chi connectivity index (χ4n) is 3.51. The van der Waals surface area contributed by atoms with Crippen molar-refractivity contribution in [2.75, 3.05) is 39.0 Å². The van der Waals surface area contributed by atoms with E-state index in [9.17, 15) is 9.59 Å². The second kappa shape index (κ2) is 7.40. The molecule has 2 aliphatic rings. The molecule has 4 rings (SSSR count). The number of H-pyrrole nitrogens is 1. The van der Waals surface area contributed by atoms with Gasteiger partial charge in [-0.15, -0.1) is 12.4 Å². The van der Waals surface area contributed by atoms with Crippen LogP contribution in [0.25, 0.3) is 10.9 Å². The highest BCUT2D eigenvalue weighted by molar-refractivity contribution is 7.98. The molecular weight excluding hydrogens is 358 g/mol. The number of nitrogens with one attached hydrogen (secondary N) is 1. The first kappa shape index (κ1) is 18.3. The first-order chi connectivity index (χ1) is 11.6. The molecule has 7 heteroatoms. The predicted octanol–water partition coefficient (Wildman–Crippen LogP) is 2.13. The number of hydrogen-bond donors (Lipinski definition) is 1. The number of aromatic amines is 1. The van der Waals surface area contributed by atoms with Crippen molar-refractivity contribution < 1.29 is 4.79 Å². The standard InChI is InChI=1S/C18H21N3O2S.ClH/c1-20-5-7-21(8-6-20)18(23)12-2-3-16-14(10-12)13-4-9-24-11-15(13)17(22)19-16;/h2-3,10H,4-9,11H2,1H3,(H,19,22);1H. The number of pyridine rings is 1. The van der Waals surface area contributed by atoms with E-state index in [0.29, 0.717) is 0 Å². The Morgan fingerprint density at radius 2 is 1.92 bits per heavy atom. The van der Waals surface area contributed by atoms with E-state index in [4.69, 9.17) is 0 Å². The Hall–Kier alpha value is -1.50. The lowest BCUT2D eigenvalue weighted by Gasteiger charge is -2.32. The lowest BCUT2D eigenvalue weighted by atomic mass is 9.99. The maximum absolute atomic E-state index is 12.8. The maximum atomic E-state index is 12.8. The number of halogens is 1. The molecule has 1 N–H and O–H groups in total. The molecule has 2 aliphatic heterocycles. The van der Waals surface area contributed by atoms with Gasteiger partial charge in [-0.25, -0.2) is 0 Å². The van der Waals surface area contributed by atoms with Crippen molar-refractivity contribution in [3.8, 4) is 0 Å². The van der Waals surface area contributed by atoms with E-state index in [1.165, 1.54) is 0 Å². The van der Waals surface area contributed by atoms with E-state index < -0.39 is 0 Å². The van der Waals surface area contributed by atoms with Gasteiger partial charge in [0.15, 0.2) is 0 Å². The zero-order valence-corrected chi connectivity index (χ0v) is 15.8. The number of hydrogen-bond acceptors (Lipinski definition) is 4. The van der Waals surface area contributed by atoms with Crippen LogP contribution in [0.2, 0.25) is 0 Å². The molecule has 0 unspecified atom stereocenters. The highest BCUT2D eigenvalue weighted by Gasteiger charge is 2.22. The Labute approximate surface area is 157 Å². The van der Waals surface area contributed by atoms with Gasteiger partial charge in [-0.3, -0.25) is 9.59 Å². The smallest absolute Gasteiger partial charge is 0.253 e. The van der Waals surface area contributed by atoms with Gasteiger partial charge in [0.05, 0.1) is 0 Å². The normalized spacial score (nSPS) is 17.9. The monoisotopic (exact) mass is 379 g/mol. The molecule has 134 valence electrons. The van der Waals surface area contributed by atoms with Crippen molar-refractivity contribution in [2.24, 2.45) is 0 Å². The number of aromatic nitrogens is 1. The van der Waals surface area contributed by atoms with Crippen LogP contribution in [0.1, 0.15) is 21.5 Å². The molecule has 1 amide bonds. The van der Waals surface area contributed by atoms with E-state index in [1.807, 2.05) is 23.1 Å². The Kier molecular flexibility index (Phi) is 5.41. The van der Waals surface area contributed by atoms with Gasteiger partial charge in [0.2, 0.25) is 0 Å². The van der Waals surface area contributed by atoms with Gasteiger partial charge in [-0.05, 0) is 43.0 Å². The second-order valence-electron chi connectivity index (χ2n) is 6.57. The summed E-state index contributed by atoms with van der Waals surface area (Å²) in [4.78, 5) is 32.2. The summed E-state index contributed by atoms with van der Waals surface area (Å²) in [7, 11) is 2.08. The first-order valence-corrected chi connectivity index (χ1v) is 9.52. The van der Waals surface area contributed by atoms with Crippen molar-refractivity contribution in [1.29, 1.82) is 0 Å². The van der Waals surface area contributed by atoms with E-state index >= 15 is 0 Å². The van der Waals surface area contributed by atoms with Gasteiger partial charge in [0.1, 0.15) is 0 Å². The third kappa shape index (κ3) is 3.43. The molecule has 3 heterocycles. The summed E-state index contributed by atoms with van der Waals surface area (Å²) < 4.78 is 0. The largest absolute Gasteiger partial charge is 0.336 e. The molecule has 1 aromatic heterocycles. The van der Waals surface area contributed by atoms with E-state index in [0.717, 1.165) is 71.7 Å². The van der Waals surface area contributed by atoms with Crippen LogP contribution in [0.4, 0.5) is 0 Å². The van der Waals surface area contributed by atoms with Crippen molar-refractivity contribution in [3.05, 3.63) is 45.2 Å². The van der Waals surface area contributed by atoms with E-state index in [-0.39, 0.29) is 23.9 Å². The zero-order chi connectivity index (χ0) is 16.7. The van der Waals surface area contributed by atoms with Gasteiger partial charge in [0, 0.05) is 54.0 Å². The maximum Gasteiger partial charge on any atom is 0.253 e. The molecule has 1 aromatic carbocycles. The fraction of sp³-hybridized carbons (Fsp3) is 0.444. The van der Waals surface area contributed by atoms with Gasteiger partial charge in [-0.2, -0.15) is 11.8 Å². The average Bonchev–Trinajstić information content (AvgIpc) is 2.62. The number of rotatable bonds is 1. The summed E-state index contributed by atoms with van der Waals surface area (Å²) in [5, 5.41) is 1.03. The molecule has 25 heavy (non-hydrogen) atoms. The minimum absolute atomic E-state index is 0. The number of nitrogens with zero attached hydrogens (tertiary/aromatic N) is 2. The molecule has 0 bridgehead atoms. The third-order valence-corrected chi connectivity index (χ3v) is 6.00. The topological polar surface area (TPSA) is 56.4 Å². The molecule has 2 aromatic rings. The van der Waals surface area contributed by atoms with Crippen LogP contribution >= 0.6 is 24.2 Å². The number of fused-ring (bicyclic) bond motifs is 3. The lowest BCUT2D eigenvalue weighted by Crippen LogP contribution is -2.47. The second-order valence-corrected chi connectivity index (χ2v) is 7.67. The number of amides is 1. The zero-order valence-electron chi connectivity index (χ0n) is 14.2. The molecule has 1 fully saturated rings. The van der Waals surface area contributed by atoms with Crippen LogP contribution in [0.15, 0.2) is 23.0 Å². The van der Waals surface area contributed by atoms with E-state index in [2.05, 4.69) is 16.9 Å². The Balaban J connectivity index is 0.00000182. The highest BCUT2D eigenvalue weighted by atomic mass is 35.5. The summed E-state index contributed by atoms with van der Waals surface area (Å²) in [6.45, 7) is 3.38. The molecule has 0 atom stereocenters. The number of piperazine rings is 1. The quantitative estimate of drug-likeness (QED) is 0.824. The van der Waals surface area contributed by atoms with Gasteiger partial charge < -0.3 is 14.8 Å². The number of carbonyl (C=O) groups is 1. The van der Waals surface area contributed by atoms with Crippen molar-refractivity contribution in [2.45, 2.75) is 12.2 Å². The molecule has 0 spiro atoms. The highest BCUT2D eigenvalue weighted by Crippen LogP contribution is 2.28. The molecular formula is C18H22ClN3O2S. The van der Waals surface area contributed by atoms with Crippen LogP contribution < -0.4 is 5.56 Å². The van der Waals surface area contributed by atoms with Gasteiger partial charge in [0.25, 0.3) is 11.5 Å². The Bertz CT molecular complexity index is 859. The Morgan fingerprint density at radius 3 is 2.68 bits per heavy atom. The molecule has 1 saturated heterocycles. The van der Waals surface area contributed by atoms with Gasteiger partial charge >= 0.3 is 0 Å². The minimum Gasteiger partial charge on any atom is -0.336 e. The summed E-state index contributed by atoms with van der Waals surface area (Å²) in [5.74, 6) is 1.88. The number of thioether (sulfide) groups is 1. The number of carbonyl (C=O) groups excluding carboxylic acids is 1.